The number of anilines is 1. The fourth-order valence-corrected chi connectivity index (χ4v) is 3.49. The number of thioether (sulfide) groups is 1. The molecule has 1 aromatic carbocycles. The quantitative estimate of drug-likeness (QED) is 0.836. The van der Waals surface area contributed by atoms with Crippen molar-refractivity contribution in [1.82, 2.24) is 14.8 Å². The van der Waals surface area contributed by atoms with Gasteiger partial charge in [-0.05, 0) is 30.4 Å². The summed E-state index contributed by atoms with van der Waals surface area (Å²) < 4.78 is 1.88. The molecule has 1 atom stereocenters. The fourth-order valence-electron chi connectivity index (χ4n) is 2.76. The molecule has 0 radical (unpaired) electrons. The lowest BCUT2D eigenvalue weighted by atomic mass is 9.88. The molecule has 7 heteroatoms. The number of aryl methyl sites for hydroxylation is 1. The average Bonchev–Trinajstić information content (AvgIpc) is 2.85. The number of nitrogen functional groups attached to an aromatic ring is 1. The molecular formula is C14H16N4O2S. The van der Waals surface area contributed by atoms with Crippen LogP contribution in [0.4, 0.5) is 5.95 Å². The Hall–Kier alpha value is -2.02. The van der Waals surface area contributed by atoms with Gasteiger partial charge in [0, 0.05) is 6.04 Å². The van der Waals surface area contributed by atoms with Gasteiger partial charge in [0.1, 0.15) is 0 Å². The summed E-state index contributed by atoms with van der Waals surface area (Å²) in [6.45, 7) is 0. The van der Waals surface area contributed by atoms with Crippen molar-refractivity contribution in [2.45, 2.75) is 30.5 Å². The molecule has 6 nitrogen and oxygen atoms in total. The third-order valence-electron chi connectivity index (χ3n) is 3.70. The van der Waals surface area contributed by atoms with Gasteiger partial charge < -0.3 is 10.8 Å². The van der Waals surface area contributed by atoms with Gasteiger partial charge in [0.05, 0.1) is 5.75 Å². The fraction of sp³-hybridized carbons (Fsp3) is 0.357. The Morgan fingerprint density at radius 2 is 2.14 bits per heavy atom. The second kappa shape index (κ2) is 5.77. The Bertz CT molecular complexity index is 671. The SMILES string of the molecule is Nc1nnc(SCC(=O)O)n1C1CCc2ccccc2C1. The third kappa shape index (κ3) is 2.87. The maximum Gasteiger partial charge on any atom is 0.313 e. The molecule has 0 fully saturated rings. The van der Waals surface area contributed by atoms with Gasteiger partial charge in [0.2, 0.25) is 5.95 Å². The first kappa shape index (κ1) is 13.9. The smallest absolute Gasteiger partial charge is 0.313 e. The van der Waals surface area contributed by atoms with E-state index < -0.39 is 5.97 Å². The molecule has 21 heavy (non-hydrogen) atoms. The Morgan fingerprint density at radius 1 is 1.38 bits per heavy atom. The minimum Gasteiger partial charge on any atom is -0.481 e. The summed E-state index contributed by atoms with van der Waals surface area (Å²) in [6.07, 6.45) is 2.82. The standard InChI is InChI=1S/C14H16N4O2S/c15-13-16-17-14(21-8-12(19)20)18(13)11-6-5-9-3-1-2-4-10(9)7-11/h1-4,11H,5-8H2,(H2,15,16)(H,19,20). The number of hydrogen-bond acceptors (Lipinski definition) is 5. The van der Waals surface area contributed by atoms with Crippen molar-refractivity contribution in [1.29, 1.82) is 0 Å². The lowest BCUT2D eigenvalue weighted by Crippen LogP contribution is -2.21. The average molecular weight is 304 g/mol. The lowest BCUT2D eigenvalue weighted by molar-refractivity contribution is -0.133. The molecule has 110 valence electrons. The van der Waals surface area contributed by atoms with Gasteiger partial charge >= 0.3 is 5.97 Å². The summed E-state index contributed by atoms with van der Waals surface area (Å²) in [7, 11) is 0. The van der Waals surface area contributed by atoms with Gasteiger partial charge in [0.25, 0.3) is 0 Å². The van der Waals surface area contributed by atoms with Crippen molar-refractivity contribution in [3.63, 3.8) is 0 Å². The molecule has 1 unspecified atom stereocenters. The lowest BCUT2D eigenvalue weighted by Gasteiger charge is -2.26. The van der Waals surface area contributed by atoms with Crippen molar-refractivity contribution < 1.29 is 9.90 Å². The van der Waals surface area contributed by atoms with Gasteiger partial charge in [0.15, 0.2) is 5.16 Å². The summed E-state index contributed by atoms with van der Waals surface area (Å²) in [5.74, 6) is -0.559. The van der Waals surface area contributed by atoms with Gasteiger partial charge in [-0.3, -0.25) is 9.36 Å². The van der Waals surface area contributed by atoms with E-state index in [1.807, 2.05) is 10.6 Å². The van der Waals surface area contributed by atoms with E-state index >= 15 is 0 Å². The monoisotopic (exact) mass is 304 g/mol. The van der Waals surface area contributed by atoms with Crippen molar-refractivity contribution in [3.05, 3.63) is 35.4 Å². The second-order valence-corrected chi connectivity index (χ2v) is 6.00. The van der Waals surface area contributed by atoms with Crippen LogP contribution in [0.15, 0.2) is 29.4 Å². The van der Waals surface area contributed by atoms with Crippen molar-refractivity contribution in [2.75, 3.05) is 11.5 Å². The van der Waals surface area contributed by atoms with Crippen LogP contribution < -0.4 is 5.73 Å². The summed E-state index contributed by atoms with van der Waals surface area (Å²) in [5.41, 5.74) is 8.62. The molecule has 0 aliphatic heterocycles. The first-order valence-corrected chi connectivity index (χ1v) is 7.75. The molecule has 2 aromatic rings. The van der Waals surface area contributed by atoms with Crippen LogP contribution in [0, 0.1) is 0 Å². The second-order valence-electron chi connectivity index (χ2n) is 5.06. The maximum atomic E-state index is 10.7. The number of benzene rings is 1. The largest absolute Gasteiger partial charge is 0.481 e. The molecule has 0 saturated heterocycles. The minimum atomic E-state index is -0.873. The molecule has 1 aliphatic carbocycles. The number of fused-ring (bicyclic) bond motifs is 1. The predicted octanol–water partition coefficient (Wildman–Crippen LogP) is 1.77. The molecule has 3 N–H and O–H groups in total. The van der Waals surface area contributed by atoms with Crippen molar-refractivity contribution >= 4 is 23.7 Å². The number of carbonyl (C=O) groups is 1. The zero-order chi connectivity index (χ0) is 14.8. The topological polar surface area (TPSA) is 94.0 Å². The van der Waals surface area contributed by atoms with Crippen LogP contribution in [-0.2, 0) is 17.6 Å². The van der Waals surface area contributed by atoms with Crippen LogP contribution >= 0.6 is 11.8 Å². The predicted molar refractivity (Wildman–Crippen MR) is 80.3 cm³/mol. The molecule has 1 aliphatic rings. The van der Waals surface area contributed by atoms with Gasteiger partial charge in [-0.2, -0.15) is 0 Å². The zero-order valence-electron chi connectivity index (χ0n) is 11.4. The van der Waals surface area contributed by atoms with Crippen LogP contribution in [0.5, 0.6) is 0 Å². The Balaban J connectivity index is 1.84. The summed E-state index contributed by atoms with van der Waals surface area (Å²) >= 11 is 1.16. The van der Waals surface area contributed by atoms with E-state index in [0.29, 0.717) is 11.1 Å². The molecule has 0 saturated carbocycles. The molecule has 1 aromatic heterocycles. The van der Waals surface area contributed by atoms with Crippen molar-refractivity contribution in [3.8, 4) is 0 Å². The highest BCUT2D eigenvalue weighted by atomic mass is 32.2. The molecular weight excluding hydrogens is 288 g/mol. The van der Waals surface area contributed by atoms with E-state index in [2.05, 4.69) is 28.4 Å². The Labute approximate surface area is 126 Å². The number of nitrogens with two attached hydrogens (primary N) is 1. The number of carboxylic acids is 1. The van der Waals surface area contributed by atoms with Gasteiger partial charge in [-0.15, -0.1) is 10.2 Å². The van der Waals surface area contributed by atoms with E-state index in [0.717, 1.165) is 31.0 Å². The summed E-state index contributed by atoms with van der Waals surface area (Å²) in [6, 6.07) is 8.57. The number of aliphatic carboxylic acids is 1. The van der Waals surface area contributed by atoms with E-state index in [4.69, 9.17) is 10.8 Å². The van der Waals surface area contributed by atoms with E-state index in [9.17, 15) is 4.79 Å². The first-order valence-electron chi connectivity index (χ1n) is 6.77. The minimum absolute atomic E-state index is 0.0402. The van der Waals surface area contributed by atoms with Crippen LogP contribution in [0.25, 0.3) is 0 Å². The van der Waals surface area contributed by atoms with E-state index in [1.165, 1.54) is 11.1 Å². The molecule has 0 spiro atoms. The number of carboxylic acid groups (broad SMARTS) is 1. The maximum absolute atomic E-state index is 10.7. The van der Waals surface area contributed by atoms with Crippen molar-refractivity contribution in [2.24, 2.45) is 0 Å². The van der Waals surface area contributed by atoms with Crippen LogP contribution in [0.2, 0.25) is 0 Å². The highest BCUT2D eigenvalue weighted by molar-refractivity contribution is 7.99. The van der Waals surface area contributed by atoms with Gasteiger partial charge in [-0.25, -0.2) is 0 Å². The van der Waals surface area contributed by atoms with Crippen LogP contribution in [0.3, 0.4) is 0 Å². The molecule has 3 rings (SSSR count). The number of rotatable bonds is 4. The molecule has 0 amide bonds. The summed E-state index contributed by atoms with van der Waals surface area (Å²) in [5, 5.41) is 17.3. The number of aromatic nitrogens is 3. The Morgan fingerprint density at radius 3 is 2.90 bits per heavy atom. The highest BCUT2D eigenvalue weighted by Crippen LogP contribution is 2.33. The molecule has 0 bridgehead atoms. The third-order valence-corrected chi connectivity index (χ3v) is 4.63. The van der Waals surface area contributed by atoms with Crippen LogP contribution in [-0.4, -0.2) is 31.6 Å². The number of nitrogens with zero attached hydrogens (tertiary/aromatic N) is 3. The van der Waals surface area contributed by atoms with E-state index in [-0.39, 0.29) is 11.8 Å². The van der Waals surface area contributed by atoms with E-state index in [1.54, 1.807) is 0 Å². The summed E-state index contributed by atoms with van der Waals surface area (Å²) in [4.78, 5) is 10.7. The first-order chi connectivity index (χ1) is 10.1. The van der Waals surface area contributed by atoms with Crippen LogP contribution in [0.1, 0.15) is 23.6 Å². The zero-order valence-corrected chi connectivity index (χ0v) is 12.2. The number of hydrogen-bond donors (Lipinski definition) is 2. The van der Waals surface area contributed by atoms with Gasteiger partial charge in [-0.1, -0.05) is 36.0 Å². The molecule has 1 heterocycles. The highest BCUT2D eigenvalue weighted by Gasteiger charge is 2.24. The Kier molecular flexibility index (Phi) is 3.83. The normalized spacial score (nSPS) is 17.4.